The van der Waals surface area contributed by atoms with Gasteiger partial charge in [-0.25, -0.2) is 5.43 Å². The van der Waals surface area contributed by atoms with Crippen molar-refractivity contribution in [2.75, 3.05) is 18.1 Å². The van der Waals surface area contributed by atoms with Crippen molar-refractivity contribution in [3.63, 3.8) is 0 Å². The fraction of sp³-hybridized carbons (Fsp3) is 0.318. The number of alkyl halides is 3. The van der Waals surface area contributed by atoms with Crippen molar-refractivity contribution in [2.45, 2.75) is 32.9 Å². The number of hydrogen-bond acceptors (Lipinski definition) is 4. The van der Waals surface area contributed by atoms with E-state index in [1.165, 1.54) is 11.0 Å². The number of anilines is 2. The number of nitrogens with zero attached hydrogens (tertiary/aromatic N) is 1. The highest BCUT2D eigenvalue weighted by Gasteiger charge is 2.38. The Bertz CT molecular complexity index is 953. The predicted octanol–water partition coefficient (Wildman–Crippen LogP) is 4.29. The van der Waals surface area contributed by atoms with Gasteiger partial charge in [0.2, 0.25) is 0 Å². The van der Waals surface area contributed by atoms with Gasteiger partial charge >= 0.3 is 6.18 Å². The van der Waals surface area contributed by atoms with Gasteiger partial charge in [-0.05, 0) is 51.0 Å². The van der Waals surface area contributed by atoms with Gasteiger partial charge in [0.1, 0.15) is 0 Å². The first-order valence-electron chi connectivity index (χ1n) is 9.67. The van der Waals surface area contributed by atoms with Gasteiger partial charge in [0.15, 0.2) is 0 Å². The van der Waals surface area contributed by atoms with Crippen molar-refractivity contribution in [1.82, 2.24) is 10.9 Å². The van der Waals surface area contributed by atoms with Crippen LogP contribution in [-0.2, 0) is 11.0 Å². The van der Waals surface area contributed by atoms with Gasteiger partial charge in [0.05, 0.1) is 16.8 Å². The molecule has 160 valence electrons. The molecule has 30 heavy (non-hydrogen) atoms. The molecule has 0 saturated carbocycles. The van der Waals surface area contributed by atoms with Gasteiger partial charge in [0.25, 0.3) is 5.91 Å². The number of aliphatic hydroxyl groups is 1. The molecule has 1 amide bonds. The third-order valence-electron chi connectivity index (χ3n) is 4.91. The molecular formula is C22H24F3N3O2. The summed E-state index contributed by atoms with van der Waals surface area (Å²) in [4.78, 5) is 14.6. The summed E-state index contributed by atoms with van der Waals surface area (Å²) in [5.41, 5.74) is 8.09. The number of rotatable bonds is 7. The molecule has 0 bridgehead atoms. The zero-order valence-corrected chi connectivity index (χ0v) is 16.8. The van der Waals surface area contributed by atoms with E-state index in [0.29, 0.717) is 35.5 Å². The molecule has 0 aliphatic carbocycles. The number of unbranched alkanes of at least 4 members (excludes halogenated alkanes) is 1. The molecule has 0 unspecified atom stereocenters. The number of amides is 1. The van der Waals surface area contributed by atoms with Crippen LogP contribution < -0.4 is 15.8 Å². The monoisotopic (exact) mass is 419 g/mol. The van der Waals surface area contributed by atoms with E-state index in [9.17, 15) is 18.0 Å². The summed E-state index contributed by atoms with van der Waals surface area (Å²) in [6.45, 7) is 4.26. The third kappa shape index (κ3) is 4.49. The minimum absolute atomic E-state index is 0.0979. The van der Waals surface area contributed by atoms with Crippen LogP contribution in [-0.4, -0.2) is 24.2 Å². The predicted molar refractivity (Wildman–Crippen MR) is 110 cm³/mol. The van der Waals surface area contributed by atoms with Crippen molar-refractivity contribution >= 4 is 22.9 Å². The summed E-state index contributed by atoms with van der Waals surface area (Å²) in [5.74, 6) is -0.393. The number of allylic oxidation sites excluding steroid dienone is 1. The first-order chi connectivity index (χ1) is 14.2. The van der Waals surface area contributed by atoms with E-state index in [1.54, 1.807) is 19.1 Å². The Morgan fingerprint density at radius 2 is 1.80 bits per heavy atom. The number of hydrogen-bond donors (Lipinski definition) is 3. The molecular weight excluding hydrogens is 395 g/mol. The molecule has 3 rings (SSSR count). The van der Waals surface area contributed by atoms with Crippen LogP contribution >= 0.6 is 0 Å². The summed E-state index contributed by atoms with van der Waals surface area (Å²) in [6, 6.07) is 10.4. The Labute approximate surface area is 173 Å². The fourth-order valence-electron chi connectivity index (χ4n) is 3.34. The molecule has 2 aromatic rings. The highest BCUT2D eigenvalue weighted by atomic mass is 19.4. The highest BCUT2D eigenvalue weighted by molar-refractivity contribution is 6.35. The van der Waals surface area contributed by atoms with Crippen LogP contribution in [0, 0.1) is 6.92 Å². The Balaban J connectivity index is 2.02. The van der Waals surface area contributed by atoms with E-state index in [1.807, 2.05) is 19.1 Å². The zero-order chi connectivity index (χ0) is 21.9. The molecule has 0 spiro atoms. The van der Waals surface area contributed by atoms with Gasteiger partial charge in [-0.15, -0.1) is 0 Å². The molecule has 0 radical (unpaired) electrons. The standard InChI is InChI=1S/C22H24F3N3O2/c1-14-5-8-17(9-6-14)28-19-13-16(22(23,24)25)7-10-18(19)20(21(28)30)15(2)27-26-11-3-4-12-29/h5-10,13,26-27,29H,3-4,11-12H2,1-2H3/b20-15-. The summed E-state index contributed by atoms with van der Waals surface area (Å²) in [5, 5.41) is 8.84. The van der Waals surface area contributed by atoms with E-state index in [-0.39, 0.29) is 12.3 Å². The lowest BCUT2D eigenvalue weighted by Crippen LogP contribution is -2.32. The lowest BCUT2D eigenvalue weighted by Gasteiger charge is -2.19. The largest absolute Gasteiger partial charge is 0.416 e. The van der Waals surface area contributed by atoms with E-state index in [2.05, 4.69) is 10.9 Å². The number of fused-ring (bicyclic) bond motifs is 1. The number of carbonyl (C=O) groups is 1. The molecule has 0 aromatic heterocycles. The molecule has 5 nitrogen and oxygen atoms in total. The summed E-state index contributed by atoms with van der Waals surface area (Å²) in [7, 11) is 0. The van der Waals surface area contributed by atoms with E-state index in [0.717, 1.165) is 24.1 Å². The van der Waals surface area contributed by atoms with Crippen molar-refractivity contribution in [2.24, 2.45) is 0 Å². The Kier molecular flexibility index (Phi) is 6.48. The number of carbonyl (C=O) groups excluding carboxylic acids is 1. The van der Waals surface area contributed by atoms with Gasteiger partial charge in [-0.3, -0.25) is 9.69 Å². The van der Waals surface area contributed by atoms with Gasteiger partial charge < -0.3 is 10.5 Å². The molecule has 1 aliphatic rings. The first-order valence-corrected chi connectivity index (χ1v) is 9.67. The lowest BCUT2D eigenvalue weighted by atomic mass is 10.0. The van der Waals surface area contributed by atoms with E-state index < -0.39 is 17.6 Å². The van der Waals surface area contributed by atoms with Crippen LogP contribution in [0.25, 0.3) is 5.57 Å². The number of halogens is 3. The second-order valence-corrected chi connectivity index (χ2v) is 7.19. The van der Waals surface area contributed by atoms with Crippen LogP contribution in [0.15, 0.2) is 48.2 Å². The fourth-order valence-corrected chi connectivity index (χ4v) is 3.34. The molecule has 0 saturated heterocycles. The van der Waals surface area contributed by atoms with Gasteiger partial charge in [0, 0.05) is 30.1 Å². The third-order valence-corrected chi connectivity index (χ3v) is 4.91. The number of benzene rings is 2. The van der Waals surface area contributed by atoms with Crippen LogP contribution in [0.3, 0.4) is 0 Å². The van der Waals surface area contributed by atoms with Gasteiger partial charge in [-0.1, -0.05) is 23.8 Å². The number of hydrazine groups is 1. The number of aliphatic hydroxyl groups excluding tert-OH is 1. The van der Waals surface area contributed by atoms with E-state index >= 15 is 0 Å². The zero-order valence-electron chi connectivity index (χ0n) is 16.8. The van der Waals surface area contributed by atoms with Gasteiger partial charge in [-0.2, -0.15) is 13.2 Å². The minimum atomic E-state index is -4.51. The van der Waals surface area contributed by atoms with Crippen molar-refractivity contribution < 1.29 is 23.1 Å². The normalized spacial score (nSPS) is 15.4. The molecule has 0 fully saturated rings. The lowest BCUT2D eigenvalue weighted by molar-refractivity contribution is -0.137. The Morgan fingerprint density at radius 1 is 1.10 bits per heavy atom. The maximum absolute atomic E-state index is 13.3. The van der Waals surface area contributed by atoms with E-state index in [4.69, 9.17) is 5.11 Å². The SMILES string of the molecule is C/C(NNCCCCO)=C1/C(=O)N(c2ccc(C)cc2)c2cc(C(F)(F)F)ccc21. The Morgan fingerprint density at radius 3 is 2.43 bits per heavy atom. The highest BCUT2D eigenvalue weighted by Crippen LogP contribution is 2.45. The molecule has 8 heteroatoms. The minimum Gasteiger partial charge on any atom is -0.396 e. The van der Waals surface area contributed by atoms with Crippen LogP contribution in [0.5, 0.6) is 0 Å². The van der Waals surface area contributed by atoms with Crippen LogP contribution in [0.1, 0.15) is 36.5 Å². The second kappa shape index (κ2) is 8.89. The Hall–Kier alpha value is -2.84. The molecule has 0 atom stereocenters. The number of nitrogens with one attached hydrogen (secondary N) is 2. The summed E-state index contributed by atoms with van der Waals surface area (Å²) < 4.78 is 39.9. The average molecular weight is 419 g/mol. The average Bonchev–Trinajstić information content (AvgIpc) is 2.99. The van der Waals surface area contributed by atoms with Crippen LogP contribution in [0.2, 0.25) is 0 Å². The summed E-state index contributed by atoms with van der Waals surface area (Å²) >= 11 is 0. The first kappa shape index (κ1) is 21.9. The van der Waals surface area contributed by atoms with Crippen LogP contribution in [0.4, 0.5) is 24.5 Å². The van der Waals surface area contributed by atoms with Crippen molar-refractivity contribution in [1.29, 1.82) is 0 Å². The quantitative estimate of drug-likeness (QED) is 0.356. The molecule has 2 aromatic carbocycles. The topological polar surface area (TPSA) is 64.6 Å². The molecule has 1 aliphatic heterocycles. The van der Waals surface area contributed by atoms with Crippen molar-refractivity contribution in [3.8, 4) is 0 Å². The second-order valence-electron chi connectivity index (χ2n) is 7.19. The summed E-state index contributed by atoms with van der Waals surface area (Å²) in [6.07, 6.45) is -3.13. The maximum atomic E-state index is 13.3. The number of aryl methyl sites for hydroxylation is 1. The maximum Gasteiger partial charge on any atom is 0.416 e. The molecule has 3 N–H and O–H groups in total. The van der Waals surface area contributed by atoms with Crippen molar-refractivity contribution in [3.05, 3.63) is 64.9 Å². The smallest absolute Gasteiger partial charge is 0.396 e. The molecule has 1 heterocycles.